The summed E-state index contributed by atoms with van der Waals surface area (Å²) in [5.41, 5.74) is 0.964. The number of hydrogen-bond acceptors (Lipinski definition) is 4. The number of aryl methyl sites for hydroxylation is 1. The SMILES string of the molecule is CCNC(=NCC(c1ccc(C)o1)N1CCOCC1)NCCc1cccc(F)c1. The number of aliphatic imine (C=N–C) groups is 1. The van der Waals surface area contributed by atoms with Crippen molar-refractivity contribution in [2.45, 2.75) is 26.3 Å². The highest BCUT2D eigenvalue weighted by atomic mass is 19.1. The van der Waals surface area contributed by atoms with Gasteiger partial charge in [-0.25, -0.2) is 4.39 Å². The van der Waals surface area contributed by atoms with E-state index in [1.165, 1.54) is 6.07 Å². The van der Waals surface area contributed by atoms with Crippen LogP contribution in [-0.2, 0) is 11.2 Å². The summed E-state index contributed by atoms with van der Waals surface area (Å²) in [5, 5.41) is 6.63. The zero-order chi connectivity index (χ0) is 20.5. The first-order valence-corrected chi connectivity index (χ1v) is 10.3. The second-order valence-electron chi connectivity index (χ2n) is 7.14. The second kappa shape index (κ2) is 11.0. The van der Waals surface area contributed by atoms with Crippen LogP contribution in [0.5, 0.6) is 0 Å². The van der Waals surface area contributed by atoms with Gasteiger partial charge in [0.15, 0.2) is 5.96 Å². The molecule has 0 amide bonds. The third-order valence-electron chi connectivity index (χ3n) is 4.94. The van der Waals surface area contributed by atoms with Crippen molar-refractivity contribution in [1.29, 1.82) is 0 Å². The molecule has 1 aromatic heterocycles. The standard InChI is InChI=1S/C22H31FN4O2/c1-3-24-22(25-10-9-18-5-4-6-19(23)15-18)26-16-20(21-8-7-17(2)29-21)27-11-13-28-14-12-27/h4-8,15,20H,3,9-14,16H2,1-2H3,(H2,24,25,26). The van der Waals surface area contributed by atoms with E-state index < -0.39 is 0 Å². The van der Waals surface area contributed by atoms with Crippen molar-refractivity contribution in [2.75, 3.05) is 45.9 Å². The van der Waals surface area contributed by atoms with Crippen LogP contribution in [0.2, 0.25) is 0 Å². The topological polar surface area (TPSA) is 62.0 Å². The summed E-state index contributed by atoms with van der Waals surface area (Å²) in [4.78, 5) is 7.16. The van der Waals surface area contributed by atoms with Gasteiger partial charge in [0.25, 0.3) is 0 Å². The lowest BCUT2D eigenvalue weighted by atomic mass is 10.1. The van der Waals surface area contributed by atoms with Gasteiger partial charge in [0.1, 0.15) is 17.3 Å². The van der Waals surface area contributed by atoms with Gasteiger partial charge in [0, 0.05) is 26.2 Å². The molecule has 6 nitrogen and oxygen atoms in total. The average molecular weight is 403 g/mol. The molecule has 1 aliphatic rings. The Kier molecular flexibility index (Phi) is 8.07. The number of ether oxygens (including phenoxy) is 1. The summed E-state index contributed by atoms with van der Waals surface area (Å²) in [6.45, 7) is 9.22. The molecule has 3 rings (SSSR count). The van der Waals surface area contributed by atoms with Gasteiger partial charge in [-0.1, -0.05) is 12.1 Å². The molecule has 7 heteroatoms. The highest BCUT2D eigenvalue weighted by molar-refractivity contribution is 5.79. The predicted octanol–water partition coefficient (Wildman–Crippen LogP) is 2.90. The molecule has 1 aliphatic heterocycles. The Morgan fingerprint density at radius 3 is 2.72 bits per heavy atom. The van der Waals surface area contributed by atoms with Gasteiger partial charge >= 0.3 is 0 Å². The van der Waals surface area contributed by atoms with Gasteiger partial charge in [-0.2, -0.15) is 0 Å². The molecule has 1 unspecified atom stereocenters. The number of furan rings is 1. The van der Waals surface area contributed by atoms with E-state index >= 15 is 0 Å². The first kappa shape index (κ1) is 21.3. The third-order valence-corrected chi connectivity index (χ3v) is 4.94. The van der Waals surface area contributed by atoms with Crippen molar-refractivity contribution in [1.82, 2.24) is 15.5 Å². The van der Waals surface area contributed by atoms with E-state index in [-0.39, 0.29) is 11.9 Å². The van der Waals surface area contributed by atoms with E-state index in [1.807, 2.05) is 32.0 Å². The summed E-state index contributed by atoms with van der Waals surface area (Å²) in [7, 11) is 0. The summed E-state index contributed by atoms with van der Waals surface area (Å²) in [6.07, 6.45) is 0.729. The number of hydrogen-bond donors (Lipinski definition) is 2. The molecule has 1 aromatic carbocycles. The number of rotatable bonds is 8. The number of benzene rings is 1. The molecule has 2 N–H and O–H groups in total. The van der Waals surface area contributed by atoms with Gasteiger partial charge in [-0.15, -0.1) is 0 Å². The number of guanidine groups is 1. The molecule has 0 radical (unpaired) electrons. The van der Waals surface area contributed by atoms with E-state index in [4.69, 9.17) is 14.1 Å². The van der Waals surface area contributed by atoms with E-state index in [0.717, 1.165) is 62.3 Å². The molecule has 2 heterocycles. The Labute approximate surface area is 172 Å². The molecule has 1 atom stereocenters. The fraction of sp³-hybridized carbons (Fsp3) is 0.500. The van der Waals surface area contributed by atoms with Gasteiger partial charge in [-0.05, 0) is 50.1 Å². The minimum atomic E-state index is -0.204. The quantitative estimate of drug-likeness (QED) is 0.525. The van der Waals surface area contributed by atoms with Crippen LogP contribution in [0, 0.1) is 12.7 Å². The predicted molar refractivity (Wildman–Crippen MR) is 113 cm³/mol. The van der Waals surface area contributed by atoms with Crippen molar-refractivity contribution in [3.05, 3.63) is 59.3 Å². The van der Waals surface area contributed by atoms with Crippen molar-refractivity contribution in [3.8, 4) is 0 Å². The number of morpholine rings is 1. The summed E-state index contributed by atoms with van der Waals surface area (Å²) in [6, 6.07) is 10.8. The first-order chi connectivity index (χ1) is 14.2. The van der Waals surface area contributed by atoms with Crippen LogP contribution < -0.4 is 10.6 Å². The Bertz CT molecular complexity index is 787. The molecule has 158 valence electrons. The number of nitrogens with zero attached hydrogens (tertiary/aromatic N) is 2. The molecular weight excluding hydrogens is 371 g/mol. The maximum Gasteiger partial charge on any atom is 0.191 e. The van der Waals surface area contributed by atoms with Crippen LogP contribution in [0.4, 0.5) is 4.39 Å². The van der Waals surface area contributed by atoms with E-state index in [1.54, 1.807) is 12.1 Å². The molecule has 1 fully saturated rings. The fourth-order valence-corrected chi connectivity index (χ4v) is 3.44. The molecular formula is C22H31FN4O2. The second-order valence-corrected chi connectivity index (χ2v) is 7.14. The summed E-state index contributed by atoms with van der Waals surface area (Å²) >= 11 is 0. The Hall–Kier alpha value is -2.38. The van der Waals surface area contributed by atoms with Gasteiger partial charge in [0.05, 0.1) is 25.8 Å². The normalized spacial score (nSPS) is 16.6. The Balaban J connectivity index is 1.63. The zero-order valence-corrected chi connectivity index (χ0v) is 17.3. The summed E-state index contributed by atoms with van der Waals surface area (Å²) in [5.74, 6) is 2.39. The molecule has 29 heavy (non-hydrogen) atoms. The molecule has 2 aromatic rings. The lowest BCUT2D eigenvalue weighted by Crippen LogP contribution is -2.42. The molecule has 1 saturated heterocycles. The van der Waals surface area contributed by atoms with Gasteiger partial charge in [0.2, 0.25) is 0 Å². The van der Waals surface area contributed by atoms with E-state index in [9.17, 15) is 4.39 Å². The lowest BCUT2D eigenvalue weighted by molar-refractivity contribution is 0.0135. The van der Waals surface area contributed by atoms with Crippen LogP contribution in [0.15, 0.2) is 45.8 Å². The monoisotopic (exact) mass is 402 g/mol. The molecule has 0 saturated carbocycles. The number of nitrogens with one attached hydrogen (secondary N) is 2. The highest BCUT2D eigenvalue weighted by Crippen LogP contribution is 2.24. The van der Waals surface area contributed by atoms with Crippen molar-refractivity contribution >= 4 is 5.96 Å². The highest BCUT2D eigenvalue weighted by Gasteiger charge is 2.25. The van der Waals surface area contributed by atoms with E-state index in [2.05, 4.69) is 15.5 Å². The minimum Gasteiger partial charge on any atom is -0.465 e. The maximum absolute atomic E-state index is 13.3. The molecule has 0 spiro atoms. The largest absolute Gasteiger partial charge is 0.465 e. The van der Waals surface area contributed by atoms with Crippen LogP contribution in [0.3, 0.4) is 0 Å². The number of halogens is 1. The first-order valence-electron chi connectivity index (χ1n) is 10.3. The van der Waals surface area contributed by atoms with Crippen molar-refractivity contribution in [2.24, 2.45) is 4.99 Å². The summed E-state index contributed by atoms with van der Waals surface area (Å²) < 4.78 is 24.8. The average Bonchev–Trinajstić information content (AvgIpc) is 3.15. The van der Waals surface area contributed by atoms with Crippen LogP contribution >= 0.6 is 0 Å². The van der Waals surface area contributed by atoms with Gasteiger partial charge < -0.3 is 19.8 Å². The maximum atomic E-state index is 13.3. The Morgan fingerprint density at radius 2 is 2.03 bits per heavy atom. The third kappa shape index (κ3) is 6.58. The van der Waals surface area contributed by atoms with Gasteiger partial charge in [-0.3, -0.25) is 9.89 Å². The van der Waals surface area contributed by atoms with Crippen LogP contribution in [-0.4, -0.2) is 56.8 Å². The Morgan fingerprint density at radius 1 is 1.21 bits per heavy atom. The smallest absolute Gasteiger partial charge is 0.191 e. The van der Waals surface area contributed by atoms with Crippen LogP contribution in [0.1, 0.15) is 30.0 Å². The molecule has 0 aliphatic carbocycles. The van der Waals surface area contributed by atoms with Crippen molar-refractivity contribution < 1.29 is 13.5 Å². The van der Waals surface area contributed by atoms with E-state index in [0.29, 0.717) is 13.1 Å². The lowest BCUT2D eigenvalue weighted by Gasteiger charge is -2.32. The van der Waals surface area contributed by atoms with Crippen LogP contribution in [0.25, 0.3) is 0 Å². The fourth-order valence-electron chi connectivity index (χ4n) is 3.44. The molecule has 0 bridgehead atoms. The zero-order valence-electron chi connectivity index (χ0n) is 17.3. The minimum absolute atomic E-state index is 0.0753. The van der Waals surface area contributed by atoms with Crippen molar-refractivity contribution in [3.63, 3.8) is 0 Å².